The summed E-state index contributed by atoms with van der Waals surface area (Å²) in [4.78, 5) is 14.5. The number of ether oxygens (including phenoxy) is 1. The molecule has 0 N–H and O–H groups in total. The molecule has 0 saturated heterocycles. The Morgan fingerprint density at radius 1 is 1.17 bits per heavy atom. The van der Waals surface area contributed by atoms with Crippen molar-refractivity contribution in [1.82, 2.24) is 4.90 Å². The molecule has 1 amide bonds. The van der Waals surface area contributed by atoms with Gasteiger partial charge >= 0.3 is 0 Å². The molecule has 2 aromatic rings. The van der Waals surface area contributed by atoms with Crippen LogP contribution in [0.2, 0.25) is 0 Å². The molecule has 3 nitrogen and oxygen atoms in total. The maximum atomic E-state index is 13.9. The van der Waals surface area contributed by atoms with Crippen molar-refractivity contribution in [1.29, 1.82) is 0 Å². The lowest BCUT2D eigenvalue weighted by Crippen LogP contribution is -2.41. The van der Waals surface area contributed by atoms with E-state index in [1.165, 1.54) is 6.07 Å². The van der Waals surface area contributed by atoms with Crippen LogP contribution in [0.1, 0.15) is 25.3 Å². The van der Waals surface area contributed by atoms with E-state index in [0.29, 0.717) is 17.9 Å². The number of benzene rings is 2. The third kappa shape index (κ3) is 3.89. The minimum absolute atomic E-state index is 0.0976. The zero-order chi connectivity index (χ0) is 16.2. The molecule has 0 aromatic heterocycles. The topological polar surface area (TPSA) is 29.5 Å². The van der Waals surface area contributed by atoms with Gasteiger partial charge in [0.25, 0.3) is 5.91 Å². The molecule has 1 aliphatic carbocycles. The number of hydrogen-bond donors (Lipinski definition) is 0. The summed E-state index contributed by atoms with van der Waals surface area (Å²) in [5, 5.41) is 0. The Bertz CT molecular complexity index is 670. The molecule has 1 atom stereocenters. The molecule has 3 rings (SSSR count). The highest BCUT2D eigenvalue weighted by Gasteiger charge is 2.35. The van der Waals surface area contributed by atoms with Gasteiger partial charge in [-0.3, -0.25) is 4.79 Å². The van der Waals surface area contributed by atoms with Crippen molar-refractivity contribution in [2.45, 2.75) is 38.5 Å². The molecule has 1 saturated carbocycles. The summed E-state index contributed by atoms with van der Waals surface area (Å²) in [6, 6.07) is 16.1. The van der Waals surface area contributed by atoms with E-state index in [4.69, 9.17) is 4.74 Å². The Hall–Kier alpha value is -2.36. The number of nitrogens with zero attached hydrogens (tertiary/aromatic N) is 1. The Morgan fingerprint density at radius 2 is 1.83 bits per heavy atom. The van der Waals surface area contributed by atoms with Crippen molar-refractivity contribution in [3.8, 4) is 5.75 Å². The normalized spacial score (nSPS) is 15.0. The molecule has 1 unspecified atom stereocenters. The summed E-state index contributed by atoms with van der Waals surface area (Å²) >= 11 is 0. The maximum Gasteiger partial charge on any atom is 0.263 e. The van der Waals surface area contributed by atoms with E-state index in [9.17, 15) is 9.18 Å². The van der Waals surface area contributed by atoms with Crippen molar-refractivity contribution in [3.63, 3.8) is 0 Å². The summed E-state index contributed by atoms with van der Waals surface area (Å²) in [6.07, 6.45) is 1.35. The van der Waals surface area contributed by atoms with Gasteiger partial charge < -0.3 is 9.64 Å². The molecule has 0 radical (unpaired) electrons. The zero-order valence-electron chi connectivity index (χ0n) is 13.1. The lowest BCUT2D eigenvalue weighted by atomic mass is 10.2. The van der Waals surface area contributed by atoms with Crippen molar-refractivity contribution in [2.75, 3.05) is 0 Å². The van der Waals surface area contributed by atoms with E-state index in [-0.39, 0.29) is 17.8 Å². The van der Waals surface area contributed by atoms with Crippen LogP contribution in [0.5, 0.6) is 5.75 Å². The van der Waals surface area contributed by atoms with Gasteiger partial charge in [0, 0.05) is 18.2 Å². The average molecular weight is 313 g/mol. The minimum atomic E-state index is -0.593. The third-order valence-corrected chi connectivity index (χ3v) is 3.97. The number of para-hydroxylation sites is 1. The number of amides is 1. The van der Waals surface area contributed by atoms with Crippen LogP contribution in [0.4, 0.5) is 4.39 Å². The predicted octanol–water partition coefficient (Wildman–Crippen LogP) is 3.78. The molecular formula is C19H20FNO2. The fourth-order valence-corrected chi connectivity index (χ4v) is 2.57. The van der Waals surface area contributed by atoms with Crippen molar-refractivity contribution < 1.29 is 13.9 Å². The molecular weight excluding hydrogens is 293 g/mol. The van der Waals surface area contributed by atoms with E-state index >= 15 is 0 Å². The fraction of sp³-hybridized carbons (Fsp3) is 0.316. The first-order chi connectivity index (χ1) is 11.1. The number of hydrogen-bond acceptors (Lipinski definition) is 2. The van der Waals surface area contributed by atoms with Crippen LogP contribution in [0, 0.1) is 5.82 Å². The van der Waals surface area contributed by atoms with E-state index in [0.717, 1.165) is 12.8 Å². The van der Waals surface area contributed by atoms with Crippen molar-refractivity contribution in [3.05, 3.63) is 66.0 Å². The Balaban J connectivity index is 1.70. The average Bonchev–Trinajstić information content (AvgIpc) is 3.39. The fourth-order valence-electron chi connectivity index (χ4n) is 2.57. The standard InChI is InChI=1S/C19H20FNO2/c1-14(23-17-8-3-2-4-9-17)19(22)21(16-11-12-16)13-15-7-5-6-10-18(15)20/h2-10,14,16H,11-13H2,1H3. The summed E-state index contributed by atoms with van der Waals surface area (Å²) < 4.78 is 19.6. The van der Waals surface area contributed by atoms with Gasteiger partial charge in [-0.1, -0.05) is 36.4 Å². The molecule has 0 aliphatic heterocycles. The van der Waals surface area contributed by atoms with Crippen LogP contribution in [0.15, 0.2) is 54.6 Å². The van der Waals surface area contributed by atoms with Crippen LogP contribution in [-0.2, 0) is 11.3 Å². The van der Waals surface area contributed by atoms with Gasteiger partial charge in [-0.25, -0.2) is 4.39 Å². The van der Waals surface area contributed by atoms with E-state index in [1.807, 2.05) is 30.3 Å². The van der Waals surface area contributed by atoms with Gasteiger partial charge in [-0.05, 0) is 38.0 Å². The van der Waals surface area contributed by atoms with Crippen molar-refractivity contribution in [2.24, 2.45) is 0 Å². The first-order valence-electron chi connectivity index (χ1n) is 7.91. The van der Waals surface area contributed by atoms with Crippen LogP contribution in [-0.4, -0.2) is 23.0 Å². The number of carbonyl (C=O) groups is 1. The lowest BCUT2D eigenvalue weighted by molar-refractivity contribution is -0.139. The van der Waals surface area contributed by atoms with Gasteiger partial charge in [-0.2, -0.15) is 0 Å². The summed E-state index contributed by atoms with van der Waals surface area (Å²) in [5.41, 5.74) is 0.541. The van der Waals surface area contributed by atoms with Crippen LogP contribution >= 0.6 is 0 Å². The Kier molecular flexibility index (Phi) is 4.60. The first kappa shape index (κ1) is 15.5. The van der Waals surface area contributed by atoms with Gasteiger partial charge in [0.1, 0.15) is 11.6 Å². The molecule has 0 heterocycles. The Morgan fingerprint density at radius 3 is 2.48 bits per heavy atom. The molecule has 1 fully saturated rings. The van der Waals surface area contributed by atoms with Gasteiger partial charge in [0.2, 0.25) is 0 Å². The number of rotatable bonds is 6. The summed E-state index contributed by atoms with van der Waals surface area (Å²) in [6.45, 7) is 2.03. The molecule has 0 bridgehead atoms. The first-order valence-corrected chi connectivity index (χ1v) is 7.91. The number of halogens is 1. The maximum absolute atomic E-state index is 13.9. The molecule has 4 heteroatoms. The van der Waals surface area contributed by atoms with Gasteiger partial charge in [0.15, 0.2) is 6.10 Å². The van der Waals surface area contributed by atoms with E-state index < -0.39 is 6.10 Å². The Labute approximate surface area is 135 Å². The molecule has 120 valence electrons. The second-order valence-electron chi connectivity index (χ2n) is 5.86. The minimum Gasteiger partial charge on any atom is -0.481 e. The highest BCUT2D eigenvalue weighted by molar-refractivity contribution is 5.81. The number of carbonyl (C=O) groups excluding carboxylic acids is 1. The lowest BCUT2D eigenvalue weighted by Gasteiger charge is -2.26. The highest BCUT2D eigenvalue weighted by Crippen LogP contribution is 2.30. The van der Waals surface area contributed by atoms with Crippen molar-refractivity contribution >= 4 is 5.91 Å². The monoisotopic (exact) mass is 313 g/mol. The third-order valence-electron chi connectivity index (χ3n) is 3.97. The van der Waals surface area contributed by atoms with Gasteiger partial charge in [0.05, 0.1) is 0 Å². The van der Waals surface area contributed by atoms with E-state index in [1.54, 1.807) is 30.0 Å². The quantitative estimate of drug-likeness (QED) is 0.812. The van der Waals surface area contributed by atoms with E-state index in [2.05, 4.69) is 0 Å². The van der Waals surface area contributed by atoms with Crippen LogP contribution in [0.3, 0.4) is 0 Å². The summed E-state index contributed by atoms with van der Waals surface area (Å²) in [7, 11) is 0. The SMILES string of the molecule is CC(Oc1ccccc1)C(=O)N(Cc1ccccc1F)C1CC1. The summed E-state index contributed by atoms with van der Waals surface area (Å²) in [5.74, 6) is 0.289. The highest BCUT2D eigenvalue weighted by atomic mass is 19.1. The molecule has 23 heavy (non-hydrogen) atoms. The smallest absolute Gasteiger partial charge is 0.263 e. The van der Waals surface area contributed by atoms with Gasteiger partial charge in [-0.15, -0.1) is 0 Å². The zero-order valence-corrected chi connectivity index (χ0v) is 13.1. The predicted molar refractivity (Wildman–Crippen MR) is 86.5 cm³/mol. The molecule has 1 aliphatic rings. The van der Waals surface area contributed by atoms with Crippen LogP contribution < -0.4 is 4.74 Å². The second kappa shape index (κ2) is 6.82. The largest absolute Gasteiger partial charge is 0.481 e. The second-order valence-corrected chi connectivity index (χ2v) is 5.86. The van der Waals surface area contributed by atoms with Crippen LogP contribution in [0.25, 0.3) is 0 Å². The molecule has 2 aromatic carbocycles. The molecule has 0 spiro atoms.